The van der Waals surface area contributed by atoms with Crippen LogP contribution in [-0.2, 0) is 6.54 Å². The van der Waals surface area contributed by atoms with Crippen LogP contribution < -0.4 is 16.0 Å². The molecule has 0 unspecified atom stereocenters. The highest BCUT2D eigenvalue weighted by molar-refractivity contribution is 6.00. The van der Waals surface area contributed by atoms with Gasteiger partial charge in [0.1, 0.15) is 5.82 Å². The van der Waals surface area contributed by atoms with Gasteiger partial charge in [-0.2, -0.15) is 0 Å². The van der Waals surface area contributed by atoms with Crippen molar-refractivity contribution in [2.75, 3.05) is 19.4 Å². The van der Waals surface area contributed by atoms with E-state index in [0.29, 0.717) is 28.3 Å². The van der Waals surface area contributed by atoms with Gasteiger partial charge in [0.15, 0.2) is 0 Å². The SMILES string of the molecule is CNC(=O)c1cc(NCc2cccc(C3CC3)c2F)cc(C(=O)NC)c1. The van der Waals surface area contributed by atoms with E-state index in [0.717, 1.165) is 18.4 Å². The quantitative estimate of drug-likeness (QED) is 0.746. The van der Waals surface area contributed by atoms with Gasteiger partial charge >= 0.3 is 0 Å². The van der Waals surface area contributed by atoms with E-state index < -0.39 is 0 Å². The van der Waals surface area contributed by atoms with E-state index in [1.54, 1.807) is 18.2 Å². The summed E-state index contributed by atoms with van der Waals surface area (Å²) in [4.78, 5) is 23.9. The number of hydrogen-bond donors (Lipinski definition) is 3. The van der Waals surface area contributed by atoms with Crippen LogP contribution in [0.5, 0.6) is 0 Å². The number of benzene rings is 2. The summed E-state index contributed by atoms with van der Waals surface area (Å²) in [7, 11) is 3.06. The van der Waals surface area contributed by atoms with Crippen molar-refractivity contribution in [2.45, 2.75) is 25.3 Å². The largest absolute Gasteiger partial charge is 0.381 e. The Morgan fingerprint density at radius 2 is 1.65 bits per heavy atom. The molecule has 1 fully saturated rings. The zero-order valence-corrected chi connectivity index (χ0v) is 14.9. The third-order valence-electron chi connectivity index (χ3n) is 4.52. The van der Waals surface area contributed by atoms with Crippen molar-refractivity contribution in [3.05, 3.63) is 64.5 Å². The minimum atomic E-state index is -0.291. The smallest absolute Gasteiger partial charge is 0.251 e. The summed E-state index contributed by atoms with van der Waals surface area (Å²) in [5.41, 5.74) is 2.66. The molecule has 0 bridgehead atoms. The van der Waals surface area contributed by atoms with Crippen LogP contribution in [0, 0.1) is 5.82 Å². The van der Waals surface area contributed by atoms with Crippen molar-refractivity contribution in [2.24, 2.45) is 0 Å². The van der Waals surface area contributed by atoms with E-state index >= 15 is 0 Å². The van der Waals surface area contributed by atoms with Gasteiger partial charge in [0.05, 0.1) is 0 Å². The predicted octanol–water partition coefficient (Wildman–Crippen LogP) is 3.03. The summed E-state index contributed by atoms with van der Waals surface area (Å²) in [6.07, 6.45) is 2.08. The Kier molecular flexibility index (Phi) is 5.21. The van der Waals surface area contributed by atoms with Crippen LogP contribution in [-0.4, -0.2) is 25.9 Å². The predicted molar refractivity (Wildman–Crippen MR) is 98.9 cm³/mol. The molecule has 0 heterocycles. The lowest BCUT2D eigenvalue weighted by molar-refractivity contribution is 0.0962. The minimum absolute atomic E-state index is 0.170. The van der Waals surface area contributed by atoms with Gasteiger partial charge in [-0.15, -0.1) is 0 Å². The Bertz CT molecular complexity index is 813. The van der Waals surface area contributed by atoms with Crippen molar-refractivity contribution in [3.63, 3.8) is 0 Å². The Labute approximate surface area is 152 Å². The summed E-state index contributed by atoms with van der Waals surface area (Å²) < 4.78 is 14.6. The second kappa shape index (κ2) is 7.56. The van der Waals surface area contributed by atoms with Gasteiger partial charge in [-0.05, 0) is 42.5 Å². The number of carbonyl (C=O) groups excluding carboxylic acids is 2. The molecule has 5 nitrogen and oxygen atoms in total. The maximum Gasteiger partial charge on any atom is 0.251 e. The van der Waals surface area contributed by atoms with Crippen LogP contribution in [0.15, 0.2) is 36.4 Å². The van der Waals surface area contributed by atoms with E-state index in [9.17, 15) is 14.0 Å². The lowest BCUT2D eigenvalue weighted by Gasteiger charge is -2.12. The maximum atomic E-state index is 14.6. The molecule has 3 rings (SSSR count). The molecule has 26 heavy (non-hydrogen) atoms. The first-order chi connectivity index (χ1) is 12.5. The van der Waals surface area contributed by atoms with E-state index in [2.05, 4.69) is 16.0 Å². The molecule has 6 heteroatoms. The molecule has 2 aromatic rings. The normalized spacial score (nSPS) is 13.2. The van der Waals surface area contributed by atoms with Crippen molar-refractivity contribution in [1.29, 1.82) is 0 Å². The monoisotopic (exact) mass is 355 g/mol. The van der Waals surface area contributed by atoms with Gasteiger partial charge in [-0.3, -0.25) is 9.59 Å². The highest BCUT2D eigenvalue weighted by atomic mass is 19.1. The molecule has 0 radical (unpaired) electrons. The van der Waals surface area contributed by atoms with Crippen molar-refractivity contribution in [1.82, 2.24) is 10.6 Å². The number of nitrogens with one attached hydrogen (secondary N) is 3. The van der Waals surface area contributed by atoms with Crippen molar-refractivity contribution < 1.29 is 14.0 Å². The number of hydrogen-bond acceptors (Lipinski definition) is 3. The summed E-state index contributed by atoms with van der Waals surface area (Å²) in [6.45, 7) is 0.275. The highest BCUT2D eigenvalue weighted by Crippen LogP contribution is 2.41. The Balaban J connectivity index is 1.84. The average molecular weight is 355 g/mol. The number of amides is 2. The molecule has 1 aliphatic rings. The zero-order valence-electron chi connectivity index (χ0n) is 14.9. The second-order valence-electron chi connectivity index (χ2n) is 6.41. The molecule has 0 spiro atoms. The summed E-state index contributed by atoms with van der Waals surface area (Å²) in [5, 5.41) is 8.22. The van der Waals surface area contributed by atoms with Gasteiger partial charge in [0.2, 0.25) is 0 Å². The Morgan fingerprint density at radius 3 is 2.19 bits per heavy atom. The molecule has 2 amide bonds. The fourth-order valence-electron chi connectivity index (χ4n) is 2.92. The summed E-state index contributed by atoms with van der Waals surface area (Å²) in [5.74, 6) is -0.413. The van der Waals surface area contributed by atoms with Gasteiger partial charge < -0.3 is 16.0 Å². The van der Waals surface area contributed by atoms with Gasteiger partial charge in [0.25, 0.3) is 11.8 Å². The lowest BCUT2D eigenvalue weighted by atomic mass is 10.0. The zero-order chi connectivity index (χ0) is 18.7. The van der Waals surface area contributed by atoms with E-state index in [-0.39, 0.29) is 24.2 Å². The molecule has 0 saturated heterocycles. The molecule has 0 atom stereocenters. The van der Waals surface area contributed by atoms with Crippen LogP contribution in [0.3, 0.4) is 0 Å². The Hall–Kier alpha value is -2.89. The Morgan fingerprint density at radius 1 is 1.04 bits per heavy atom. The minimum Gasteiger partial charge on any atom is -0.381 e. The lowest BCUT2D eigenvalue weighted by Crippen LogP contribution is -2.21. The van der Waals surface area contributed by atoms with E-state index in [1.807, 2.05) is 12.1 Å². The number of carbonyl (C=O) groups is 2. The number of anilines is 1. The first-order valence-electron chi connectivity index (χ1n) is 8.64. The summed E-state index contributed by atoms with van der Waals surface area (Å²) >= 11 is 0. The highest BCUT2D eigenvalue weighted by Gasteiger charge is 2.27. The molecule has 0 aromatic heterocycles. The van der Waals surface area contributed by atoms with Gasteiger partial charge in [-0.25, -0.2) is 4.39 Å². The van der Waals surface area contributed by atoms with Crippen LogP contribution in [0.25, 0.3) is 0 Å². The summed E-state index contributed by atoms with van der Waals surface area (Å²) in [6, 6.07) is 10.3. The fraction of sp³-hybridized carbons (Fsp3) is 0.300. The first-order valence-corrected chi connectivity index (χ1v) is 8.64. The van der Waals surface area contributed by atoms with E-state index in [4.69, 9.17) is 0 Å². The average Bonchev–Trinajstić information content (AvgIpc) is 3.50. The standard InChI is InChI=1S/C20H22FN3O2/c1-22-19(25)14-8-15(20(26)23-2)10-16(9-14)24-11-13-4-3-5-17(18(13)21)12-6-7-12/h3-5,8-10,12,24H,6-7,11H2,1-2H3,(H,22,25)(H,23,26). The van der Waals surface area contributed by atoms with Gasteiger partial charge in [0, 0.05) is 43.0 Å². The third-order valence-corrected chi connectivity index (χ3v) is 4.52. The van der Waals surface area contributed by atoms with Gasteiger partial charge in [-0.1, -0.05) is 18.2 Å². The first kappa shape index (κ1) is 17.9. The molecule has 3 N–H and O–H groups in total. The topological polar surface area (TPSA) is 70.2 Å². The molecule has 136 valence electrons. The molecule has 0 aliphatic heterocycles. The molecule has 1 saturated carbocycles. The molecular weight excluding hydrogens is 333 g/mol. The number of rotatable bonds is 6. The van der Waals surface area contributed by atoms with Crippen molar-refractivity contribution in [3.8, 4) is 0 Å². The van der Waals surface area contributed by atoms with Crippen LogP contribution in [0.4, 0.5) is 10.1 Å². The van der Waals surface area contributed by atoms with Crippen LogP contribution in [0.2, 0.25) is 0 Å². The molecule has 2 aromatic carbocycles. The number of halogens is 1. The molecular formula is C20H22FN3O2. The third kappa shape index (κ3) is 3.85. The van der Waals surface area contributed by atoms with Crippen molar-refractivity contribution >= 4 is 17.5 Å². The van der Waals surface area contributed by atoms with Crippen LogP contribution in [0.1, 0.15) is 50.6 Å². The van der Waals surface area contributed by atoms with Crippen LogP contribution >= 0.6 is 0 Å². The van der Waals surface area contributed by atoms with E-state index in [1.165, 1.54) is 20.2 Å². The second-order valence-corrected chi connectivity index (χ2v) is 6.41. The molecule has 1 aliphatic carbocycles. The fourth-order valence-corrected chi connectivity index (χ4v) is 2.92. The maximum absolute atomic E-state index is 14.6.